The zero-order valence-electron chi connectivity index (χ0n) is 7.33. The van der Waals surface area contributed by atoms with Crippen LogP contribution in [0.15, 0.2) is 42.7 Å². The fourth-order valence-corrected chi connectivity index (χ4v) is 1.21. The van der Waals surface area contributed by atoms with Crippen molar-refractivity contribution < 1.29 is 4.79 Å². The van der Waals surface area contributed by atoms with Gasteiger partial charge in [0.1, 0.15) is 0 Å². The molecule has 0 fully saturated rings. The molecule has 1 aromatic heterocycles. The number of benzene rings is 1. The average Bonchev–Trinajstić information content (AvgIpc) is 2.70. The number of aromatic nitrogens is 2. The van der Waals surface area contributed by atoms with Gasteiger partial charge < -0.3 is 0 Å². The fraction of sp³-hybridized carbons (Fsp3) is 0. The van der Waals surface area contributed by atoms with Crippen LogP contribution in [0.2, 0.25) is 0 Å². The van der Waals surface area contributed by atoms with Crippen LogP contribution in [-0.4, -0.2) is 16.1 Å². The zero-order valence-corrected chi connectivity index (χ0v) is 8.15. The fourth-order valence-electron chi connectivity index (χ4n) is 1.21. The maximum atomic E-state index is 10.7. The number of rotatable bonds is 2. The quantitative estimate of drug-likeness (QED) is 0.709. The molecule has 0 atom stereocenters. The summed E-state index contributed by atoms with van der Waals surface area (Å²) >= 11 is 0. The zero-order chi connectivity index (χ0) is 9.10. The number of hydrogen-bond acceptors (Lipinski definition) is 2. The predicted octanol–water partition coefficient (Wildman–Crippen LogP) is 2.11. The molecule has 0 saturated heterocycles. The molecule has 0 bridgehead atoms. The molecule has 2 rings (SSSR count). The molecular weight excluding hydrogens is 200 g/mol. The molecule has 14 heavy (non-hydrogen) atoms. The van der Waals surface area contributed by atoms with Gasteiger partial charge in [-0.2, -0.15) is 5.10 Å². The number of aldehydes is 1. The largest absolute Gasteiger partial charge is 0.298 e. The Hall–Kier alpha value is -1.61. The van der Waals surface area contributed by atoms with Crippen LogP contribution >= 0.6 is 12.4 Å². The van der Waals surface area contributed by atoms with E-state index >= 15 is 0 Å². The smallest absolute Gasteiger partial charge is 0.152 e. The molecule has 0 radical (unpaired) electrons. The van der Waals surface area contributed by atoms with Crippen LogP contribution in [0.25, 0.3) is 5.69 Å². The molecule has 0 saturated carbocycles. The average molecular weight is 209 g/mol. The van der Waals surface area contributed by atoms with Gasteiger partial charge in [0.25, 0.3) is 0 Å². The highest BCUT2D eigenvalue weighted by molar-refractivity contribution is 5.85. The van der Waals surface area contributed by atoms with Crippen LogP contribution < -0.4 is 0 Å². The van der Waals surface area contributed by atoms with Crippen LogP contribution in [-0.2, 0) is 0 Å². The summed E-state index contributed by atoms with van der Waals surface area (Å²) in [6.07, 6.45) is 4.32. The summed E-state index contributed by atoms with van der Waals surface area (Å²) in [5, 5.41) is 4.05. The van der Waals surface area contributed by atoms with Crippen LogP contribution in [0.1, 0.15) is 10.4 Å². The second-order valence-electron chi connectivity index (χ2n) is 2.63. The van der Waals surface area contributed by atoms with E-state index in [-0.39, 0.29) is 12.4 Å². The van der Waals surface area contributed by atoms with Gasteiger partial charge in [-0.15, -0.1) is 12.4 Å². The second kappa shape index (κ2) is 4.58. The van der Waals surface area contributed by atoms with Crippen molar-refractivity contribution in [3.8, 4) is 5.69 Å². The van der Waals surface area contributed by atoms with E-state index in [1.165, 1.54) is 0 Å². The van der Waals surface area contributed by atoms with Crippen molar-refractivity contribution in [1.29, 1.82) is 0 Å². The first-order chi connectivity index (χ1) is 6.42. The third kappa shape index (κ3) is 1.83. The minimum atomic E-state index is 0. The van der Waals surface area contributed by atoms with Gasteiger partial charge in [0.05, 0.1) is 5.69 Å². The molecule has 72 valence electrons. The first-order valence-corrected chi connectivity index (χ1v) is 3.96. The maximum Gasteiger partial charge on any atom is 0.152 e. The van der Waals surface area contributed by atoms with Crippen molar-refractivity contribution in [3.05, 3.63) is 48.3 Å². The highest BCUT2D eigenvalue weighted by Crippen LogP contribution is 2.10. The van der Waals surface area contributed by atoms with Gasteiger partial charge in [0, 0.05) is 18.0 Å². The monoisotopic (exact) mass is 208 g/mol. The van der Waals surface area contributed by atoms with Crippen molar-refractivity contribution in [3.63, 3.8) is 0 Å². The Bertz CT molecular complexity index is 412. The Labute approximate surface area is 87.8 Å². The van der Waals surface area contributed by atoms with Gasteiger partial charge in [-0.25, -0.2) is 4.68 Å². The Morgan fingerprint density at radius 2 is 2.00 bits per heavy atom. The number of halogens is 1. The molecule has 1 heterocycles. The highest BCUT2D eigenvalue weighted by atomic mass is 35.5. The molecule has 0 aliphatic rings. The molecule has 0 aliphatic carbocycles. The minimum Gasteiger partial charge on any atom is -0.298 e. The molecule has 0 aliphatic heterocycles. The van der Waals surface area contributed by atoms with Crippen molar-refractivity contribution in [1.82, 2.24) is 9.78 Å². The Balaban J connectivity index is 0.000000980. The van der Waals surface area contributed by atoms with Crippen LogP contribution in [0.5, 0.6) is 0 Å². The molecule has 4 heteroatoms. The molecule has 3 nitrogen and oxygen atoms in total. The lowest BCUT2D eigenvalue weighted by molar-refractivity contribution is 0.112. The van der Waals surface area contributed by atoms with Crippen LogP contribution in [0.3, 0.4) is 0 Å². The van der Waals surface area contributed by atoms with E-state index in [9.17, 15) is 4.79 Å². The van der Waals surface area contributed by atoms with Crippen molar-refractivity contribution >= 4 is 18.7 Å². The molecule has 1 aromatic carbocycles. The number of para-hydroxylation sites is 1. The Kier molecular flexibility index (Phi) is 3.42. The van der Waals surface area contributed by atoms with Gasteiger partial charge >= 0.3 is 0 Å². The van der Waals surface area contributed by atoms with Gasteiger partial charge in [0.2, 0.25) is 0 Å². The molecular formula is C10H9ClN2O. The molecule has 0 amide bonds. The third-order valence-electron chi connectivity index (χ3n) is 1.81. The minimum absolute atomic E-state index is 0. The van der Waals surface area contributed by atoms with E-state index in [0.717, 1.165) is 12.0 Å². The van der Waals surface area contributed by atoms with Gasteiger partial charge in [-0.3, -0.25) is 4.79 Å². The normalized spacial score (nSPS) is 9.14. The Morgan fingerprint density at radius 1 is 1.21 bits per heavy atom. The SMILES string of the molecule is Cl.O=Cc1ccccc1-n1cccn1. The second-order valence-corrected chi connectivity index (χ2v) is 2.63. The highest BCUT2D eigenvalue weighted by Gasteiger charge is 2.01. The number of nitrogens with zero attached hydrogens (tertiary/aromatic N) is 2. The van der Waals surface area contributed by atoms with Crippen molar-refractivity contribution in [2.24, 2.45) is 0 Å². The van der Waals surface area contributed by atoms with Crippen molar-refractivity contribution in [2.75, 3.05) is 0 Å². The number of hydrogen-bond donors (Lipinski definition) is 0. The lowest BCUT2D eigenvalue weighted by Crippen LogP contribution is -1.98. The van der Waals surface area contributed by atoms with Gasteiger partial charge in [0.15, 0.2) is 6.29 Å². The summed E-state index contributed by atoms with van der Waals surface area (Å²) in [7, 11) is 0. The molecule has 0 unspecified atom stereocenters. The molecule has 0 spiro atoms. The number of carbonyl (C=O) groups is 1. The van der Waals surface area contributed by atoms with E-state index in [0.29, 0.717) is 5.56 Å². The maximum absolute atomic E-state index is 10.7. The lowest BCUT2D eigenvalue weighted by atomic mass is 10.2. The van der Waals surface area contributed by atoms with E-state index in [1.54, 1.807) is 16.9 Å². The van der Waals surface area contributed by atoms with E-state index < -0.39 is 0 Å². The van der Waals surface area contributed by atoms with Crippen molar-refractivity contribution in [2.45, 2.75) is 0 Å². The summed E-state index contributed by atoms with van der Waals surface area (Å²) in [6, 6.07) is 9.16. The number of carbonyl (C=O) groups excluding carboxylic acids is 1. The summed E-state index contributed by atoms with van der Waals surface area (Å²) in [6.45, 7) is 0. The molecule has 2 aromatic rings. The van der Waals surface area contributed by atoms with Gasteiger partial charge in [-0.05, 0) is 18.2 Å². The first kappa shape index (κ1) is 10.5. The van der Waals surface area contributed by atoms with E-state index in [2.05, 4.69) is 5.10 Å². The standard InChI is InChI=1S/C10H8N2O.ClH/c13-8-9-4-1-2-5-10(9)12-7-3-6-11-12;/h1-8H;1H. The van der Waals surface area contributed by atoms with Crippen LogP contribution in [0.4, 0.5) is 0 Å². The van der Waals surface area contributed by atoms with E-state index in [1.807, 2.05) is 30.5 Å². The van der Waals surface area contributed by atoms with Gasteiger partial charge in [-0.1, -0.05) is 12.1 Å². The van der Waals surface area contributed by atoms with E-state index in [4.69, 9.17) is 0 Å². The molecule has 0 N–H and O–H groups in total. The Morgan fingerprint density at radius 3 is 2.64 bits per heavy atom. The first-order valence-electron chi connectivity index (χ1n) is 3.96. The summed E-state index contributed by atoms with van der Waals surface area (Å²) in [4.78, 5) is 10.7. The van der Waals surface area contributed by atoms with Crippen LogP contribution in [0, 0.1) is 0 Å². The third-order valence-corrected chi connectivity index (χ3v) is 1.81. The predicted molar refractivity (Wildman–Crippen MR) is 56.2 cm³/mol. The summed E-state index contributed by atoms with van der Waals surface area (Å²) in [5.41, 5.74) is 1.45. The summed E-state index contributed by atoms with van der Waals surface area (Å²) in [5.74, 6) is 0. The lowest BCUT2D eigenvalue weighted by Gasteiger charge is -2.02. The topological polar surface area (TPSA) is 34.9 Å². The summed E-state index contributed by atoms with van der Waals surface area (Å²) < 4.78 is 1.67.